The van der Waals surface area contributed by atoms with Gasteiger partial charge >= 0.3 is 11.9 Å². The van der Waals surface area contributed by atoms with Crippen molar-refractivity contribution in [1.29, 1.82) is 0 Å². The molecule has 0 spiro atoms. The molecule has 0 N–H and O–H groups in total. The number of hydrogen-bond donors (Lipinski definition) is 0. The Morgan fingerprint density at radius 3 is 1.54 bits per heavy atom. The van der Waals surface area contributed by atoms with Crippen LogP contribution in [0.3, 0.4) is 0 Å². The van der Waals surface area contributed by atoms with Gasteiger partial charge in [-0.1, -0.05) is 84.9 Å². The predicted molar refractivity (Wildman–Crippen MR) is 132 cm³/mol. The molecule has 0 fully saturated rings. The van der Waals surface area contributed by atoms with E-state index >= 15 is 0 Å². The Bertz CT molecular complexity index is 1360. The highest BCUT2D eigenvalue weighted by atomic mass is 16.6. The van der Waals surface area contributed by atoms with Crippen LogP contribution in [-0.4, -0.2) is 24.1 Å². The summed E-state index contributed by atoms with van der Waals surface area (Å²) in [4.78, 5) is 26.6. The summed E-state index contributed by atoms with van der Waals surface area (Å²) >= 11 is 0. The van der Waals surface area contributed by atoms with Gasteiger partial charge in [0.1, 0.15) is 0 Å². The fourth-order valence-corrected chi connectivity index (χ4v) is 5.80. The third kappa shape index (κ3) is 3.28. The lowest BCUT2D eigenvalue weighted by Crippen LogP contribution is -2.59. The molecular formula is C31H24O4. The lowest BCUT2D eigenvalue weighted by Gasteiger charge is -2.54. The van der Waals surface area contributed by atoms with Crippen LogP contribution in [-0.2, 0) is 14.9 Å². The average Bonchev–Trinajstić information content (AvgIpc) is 2.91. The quantitative estimate of drug-likeness (QED) is 0.356. The highest BCUT2D eigenvalue weighted by Crippen LogP contribution is 2.58. The van der Waals surface area contributed by atoms with Crippen molar-refractivity contribution < 1.29 is 19.1 Å². The number of hydrogen-bond acceptors (Lipinski definition) is 4. The third-order valence-electron chi connectivity index (χ3n) is 7.40. The molecule has 4 aromatic carbocycles. The van der Waals surface area contributed by atoms with Crippen molar-refractivity contribution >= 4 is 11.9 Å². The smallest absolute Gasteiger partial charge is 0.338 e. The zero-order valence-corrected chi connectivity index (χ0v) is 19.3. The highest BCUT2D eigenvalue weighted by Gasteiger charge is 2.60. The van der Waals surface area contributed by atoms with Crippen LogP contribution in [0, 0.1) is 0 Å². The Kier molecular flexibility index (Phi) is 5.03. The van der Waals surface area contributed by atoms with Crippen LogP contribution in [0.5, 0.6) is 0 Å². The first-order valence-corrected chi connectivity index (χ1v) is 11.8. The summed E-state index contributed by atoms with van der Waals surface area (Å²) in [6.45, 7) is 2.09. The van der Waals surface area contributed by atoms with Crippen LogP contribution in [0.4, 0.5) is 0 Å². The topological polar surface area (TPSA) is 52.6 Å². The van der Waals surface area contributed by atoms with Gasteiger partial charge in [0.2, 0.25) is 0 Å². The Morgan fingerprint density at radius 1 is 0.600 bits per heavy atom. The summed E-state index contributed by atoms with van der Waals surface area (Å²) in [6.07, 6.45) is -1.37. The zero-order chi connectivity index (χ0) is 24.0. The van der Waals surface area contributed by atoms with Gasteiger partial charge in [0.15, 0.2) is 12.2 Å². The first-order valence-electron chi connectivity index (χ1n) is 11.8. The lowest BCUT2D eigenvalue weighted by atomic mass is 9.53. The standard InChI is InChI=1S/C31H24O4/c1-31-24-18-10-8-16-22(24)26(23-17-9-11-19-25(23)31)27(34-29(32)20-12-4-2-5-13-20)28(31)35-30(33)21-14-6-3-7-15-21/h2-19,26-28H,1H3/t26-,27?,28?,31+. The maximum absolute atomic E-state index is 13.3. The summed E-state index contributed by atoms with van der Waals surface area (Å²) in [7, 11) is 0. The molecule has 0 radical (unpaired) electrons. The maximum Gasteiger partial charge on any atom is 0.338 e. The molecule has 0 aromatic heterocycles. The summed E-state index contributed by atoms with van der Waals surface area (Å²) in [5.41, 5.74) is 4.65. The van der Waals surface area contributed by atoms with Crippen LogP contribution < -0.4 is 0 Å². The molecule has 3 aliphatic rings. The van der Waals surface area contributed by atoms with E-state index in [1.807, 2.05) is 60.7 Å². The third-order valence-corrected chi connectivity index (χ3v) is 7.40. The van der Waals surface area contributed by atoms with Crippen LogP contribution in [0.15, 0.2) is 109 Å². The number of benzene rings is 4. The second-order valence-corrected chi connectivity index (χ2v) is 9.28. The van der Waals surface area contributed by atoms with Gasteiger partial charge in [-0.2, -0.15) is 0 Å². The normalized spacial score (nSPS) is 23.6. The molecule has 0 saturated carbocycles. The van der Waals surface area contributed by atoms with Gasteiger partial charge in [0.25, 0.3) is 0 Å². The second kappa shape index (κ2) is 8.24. The van der Waals surface area contributed by atoms with E-state index < -0.39 is 29.6 Å². The number of carbonyl (C=O) groups excluding carboxylic acids is 2. The summed E-state index contributed by atoms with van der Waals surface area (Å²) in [5, 5.41) is 0. The molecule has 4 aromatic rings. The molecule has 2 atom stereocenters. The number of esters is 2. The molecule has 4 nitrogen and oxygen atoms in total. The van der Waals surface area contributed by atoms with E-state index in [-0.39, 0.29) is 5.92 Å². The molecule has 0 amide bonds. The molecule has 0 aliphatic heterocycles. The van der Waals surface area contributed by atoms with Crippen molar-refractivity contribution in [2.24, 2.45) is 0 Å². The van der Waals surface area contributed by atoms with Crippen molar-refractivity contribution in [1.82, 2.24) is 0 Å². The second-order valence-electron chi connectivity index (χ2n) is 9.28. The Hall–Kier alpha value is -4.18. The van der Waals surface area contributed by atoms with E-state index in [2.05, 4.69) is 31.2 Å². The van der Waals surface area contributed by atoms with Crippen LogP contribution in [0.1, 0.15) is 55.8 Å². The van der Waals surface area contributed by atoms with Gasteiger partial charge in [-0.05, 0) is 53.4 Å². The molecular weight excluding hydrogens is 436 g/mol. The van der Waals surface area contributed by atoms with Gasteiger partial charge in [-0.3, -0.25) is 0 Å². The van der Waals surface area contributed by atoms with Gasteiger partial charge in [0, 0.05) is 0 Å². The van der Waals surface area contributed by atoms with Crippen molar-refractivity contribution in [3.63, 3.8) is 0 Å². The SMILES string of the molecule is C[C@]12c3ccccc3[C@H](c3ccccc31)C(OC(=O)c1ccccc1)C2OC(=O)c1ccccc1. The molecule has 4 heteroatoms. The lowest BCUT2D eigenvalue weighted by molar-refractivity contribution is -0.0731. The van der Waals surface area contributed by atoms with E-state index in [4.69, 9.17) is 9.47 Å². The maximum atomic E-state index is 13.3. The van der Waals surface area contributed by atoms with E-state index in [1.54, 1.807) is 24.3 Å². The molecule has 35 heavy (non-hydrogen) atoms. The van der Waals surface area contributed by atoms with Gasteiger partial charge < -0.3 is 9.47 Å². The first kappa shape index (κ1) is 21.4. The Morgan fingerprint density at radius 2 is 1.03 bits per heavy atom. The minimum atomic E-state index is -0.697. The van der Waals surface area contributed by atoms with Gasteiger partial charge in [-0.25, -0.2) is 9.59 Å². The highest BCUT2D eigenvalue weighted by molar-refractivity contribution is 5.91. The van der Waals surface area contributed by atoms with E-state index in [0.717, 1.165) is 22.3 Å². The fourth-order valence-electron chi connectivity index (χ4n) is 5.80. The van der Waals surface area contributed by atoms with Crippen LogP contribution in [0.25, 0.3) is 0 Å². The molecule has 0 heterocycles. The average molecular weight is 461 g/mol. The Balaban J connectivity index is 1.50. The summed E-state index contributed by atoms with van der Waals surface area (Å²) < 4.78 is 12.5. The monoisotopic (exact) mass is 460 g/mol. The largest absolute Gasteiger partial charge is 0.454 e. The molecule has 3 aliphatic carbocycles. The van der Waals surface area contributed by atoms with E-state index in [0.29, 0.717) is 11.1 Å². The predicted octanol–water partition coefficient (Wildman–Crippen LogP) is 5.90. The van der Waals surface area contributed by atoms with Crippen molar-refractivity contribution in [3.05, 3.63) is 143 Å². The number of fused-ring (bicyclic) bond motifs is 1. The molecule has 172 valence electrons. The Labute approximate surface area is 204 Å². The van der Waals surface area contributed by atoms with Gasteiger partial charge in [-0.15, -0.1) is 0 Å². The molecule has 2 bridgehead atoms. The van der Waals surface area contributed by atoms with Crippen molar-refractivity contribution in [2.75, 3.05) is 0 Å². The number of ether oxygens (including phenoxy) is 2. The van der Waals surface area contributed by atoms with E-state index in [9.17, 15) is 9.59 Å². The fraction of sp³-hybridized carbons (Fsp3) is 0.161. The van der Waals surface area contributed by atoms with Crippen molar-refractivity contribution in [3.8, 4) is 0 Å². The molecule has 0 saturated heterocycles. The summed E-state index contributed by atoms with van der Waals surface area (Å²) in [5.74, 6) is -1.10. The number of rotatable bonds is 4. The number of carbonyl (C=O) groups is 2. The van der Waals surface area contributed by atoms with Crippen LogP contribution >= 0.6 is 0 Å². The zero-order valence-electron chi connectivity index (χ0n) is 19.3. The van der Waals surface area contributed by atoms with Crippen molar-refractivity contribution in [2.45, 2.75) is 30.5 Å². The van der Waals surface area contributed by atoms with Crippen LogP contribution in [0.2, 0.25) is 0 Å². The summed E-state index contributed by atoms with van der Waals surface area (Å²) in [6, 6.07) is 34.3. The minimum Gasteiger partial charge on any atom is -0.454 e. The first-order chi connectivity index (χ1) is 17.1. The molecule has 7 rings (SSSR count). The minimum absolute atomic E-state index is 0.245. The van der Waals surface area contributed by atoms with E-state index in [1.165, 1.54) is 0 Å². The van der Waals surface area contributed by atoms with Gasteiger partial charge in [0.05, 0.1) is 22.5 Å². The molecule has 2 unspecified atom stereocenters.